The topological polar surface area (TPSA) is 71.1 Å². The third-order valence-electron chi connectivity index (χ3n) is 2.79. The van der Waals surface area contributed by atoms with E-state index in [1.807, 2.05) is 43.5 Å². The van der Waals surface area contributed by atoms with Crippen LogP contribution in [-0.2, 0) is 22.3 Å². The van der Waals surface area contributed by atoms with E-state index in [0.29, 0.717) is 5.13 Å². The van der Waals surface area contributed by atoms with Gasteiger partial charge in [-0.2, -0.15) is 0 Å². The zero-order chi connectivity index (χ0) is 15.3. The van der Waals surface area contributed by atoms with E-state index < -0.39 is 10.0 Å². The van der Waals surface area contributed by atoms with Crippen LogP contribution in [-0.4, -0.2) is 19.9 Å². The second-order valence-electron chi connectivity index (χ2n) is 4.76. The van der Waals surface area contributed by atoms with Crippen molar-refractivity contribution in [1.82, 2.24) is 10.3 Å². The van der Waals surface area contributed by atoms with Crippen LogP contribution >= 0.6 is 11.3 Å². The molecule has 114 valence electrons. The fraction of sp³-hybridized carbons (Fsp3) is 0.357. The maximum atomic E-state index is 12.1. The molecule has 0 fully saturated rings. The van der Waals surface area contributed by atoms with Gasteiger partial charge in [-0.1, -0.05) is 31.2 Å². The number of hydrogen-bond donors (Lipinski definition) is 2. The lowest BCUT2D eigenvalue weighted by Gasteiger charge is -2.07. The Balaban J connectivity index is 2.05. The number of nitrogens with one attached hydrogen (secondary N) is 2. The molecule has 1 aromatic carbocycles. The summed E-state index contributed by atoms with van der Waals surface area (Å²) < 4.78 is 26.8. The van der Waals surface area contributed by atoms with Gasteiger partial charge in [0.15, 0.2) is 5.13 Å². The number of nitrogens with zero attached hydrogens (tertiary/aromatic N) is 1. The van der Waals surface area contributed by atoms with Crippen molar-refractivity contribution < 1.29 is 8.42 Å². The number of rotatable bonds is 7. The molecule has 0 spiro atoms. The van der Waals surface area contributed by atoms with E-state index in [0.717, 1.165) is 29.9 Å². The van der Waals surface area contributed by atoms with Gasteiger partial charge in [-0.05, 0) is 24.6 Å². The number of anilines is 1. The number of thiazole rings is 1. The van der Waals surface area contributed by atoms with Gasteiger partial charge >= 0.3 is 0 Å². The Labute approximate surface area is 129 Å². The number of aromatic nitrogens is 1. The van der Waals surface area contributed by atoms with Gasteiger partial charge in [-0.15, -0.1) is 11.3 Å². The van der Waals surface area contributed by atoms with Crippen LogP contribution in [0, 0.1) is 6.92 Å². The summed E-state index contributed by atoms with van der Waals surface area (Å²) in [6.07, 6.45) is 0. The van der Waals surface area contributed by atoms with Crippen molar-refractivity contribution in [3.63, 3.8) is 0 Å². The third-order valence-corrected chi connectivity index (χ3v) is 5.01. The largest absolute Gasteiger partial charge is 0.313 e. The van der Waals surface area contributed by atoms with Crippen molar-refractivity contribution in [1.29, 1.82) is 0 Å². The molecule has 0 bridgehead atoms. The van der Waals surface area contributed by atoms with E-state index in [1.54, 1.807) is 0 Å². The average Bonchev–Trinajstić information content (AvgIpc) is 2.80. The minimum Gasteiger partial charge on any atom is -0.313 e. The van der Waals surface area contributed by atoms with E-state index in [2.05, 4.69) is 15.0 Å². The lowest BCUT2D eigenvalue weighted by atomic mass is 10.1. The van der Waals surface area contributed by atoms with E-state index in [-0.39, 0.29) is 5.75 Å². The van der Waals surface area contributed by atoms with Gasteiger partial charge in [-0.25, -0.2) is 13.4 Å². The van der Waals surface area contributed by atoms with E-state index in [1.165, 1.54) is 11.3 Å². The molecule has 0 saturated carbocycles. The highest BCUT2D eigenvalue weighted by Gasteiger charge is 2.13. The Morgan fingerprint density at radius 1 is 1.29 bits per heavy atom. The summed E-state index contributed by atoms with van der Waals surface area (Å²) in [7, 11) is -3.43. The fourth-order valence-corrected chi connectivity index (χ4v) is 4.00. The molecule has 0 saturated heterocycles. The normalized spacial score (nSPS) is 11.5. The van der Waals surface area contributed by atoms with Crippen molar-refractivity contribution in [3.8, 4) is 0 Å². The summed E-state index contributed by atoms with van der Waals surface area (Å²) in [5, 5.41) is 5.45. The summed E-state index contributed by atoms with van der Waals surface area (Å²) >= 11 is 1.29. The minimum absolute atomic E-state index is 0.0500. The first-order valence-electron chi connectivity index (χ1n) is 6.69. The first kappa shape index (κ1) is 15.9. The predicted molar refractivity (Wildman–Crippen MR) is 86.9 cm³/mol. The highest BCUT2D eigenvalue weighted by Crippen LogP contribution is 2.18. The number of hydrogen-bond acceptors (Lipinski definition) is 5. The molecule has 1 heterocycles. The van der Waals surface area contributed by atoms with Crippen LogP contribution in [0.2, 0.25) is 0 Å². The SMILES string of the molecule is CCNCc1cccc(CS(=O)(=O)Nc2nc(C)cs2)c1. The van der Waals surface area contributed by atoms with Crippen molar-refractivity contribution in [3.05, 3.63) is 46.5 Å². The van der Waals surface area contributed by atoms with Crippen LogP contribution in [0.3, 0.4) is 0 Å². The lowest BCUT2D eigenvalue weighted by Crippen LogP contribution is -2.16. The Morgan fingerprint density at radius 2 is 2.05 bits per heavy atom. The molecule has 5 nitrogen and oxygen atoms in total. The highest BCUT2D eigenvalue weighted by atomic mass is 32.2. The summed E-state index contributed by atoms with van der Waals surface area (Å²) in [4.78, 5) is 4.11. The molecule has 0 radical (unpaired) electrons. The van der Waals surface area contributed by atoms with Crippen molar-refractivity contribution in [2.24, 2.45) is 0 Å². The van der Waals surface area contributed by atoms with Gasteiger partial charge in [0.1, 0.15) is 0 Å². The zero-order valence-corrected chi connectivity index (χ0v) is 13.7. The summed E-state index contributed by atoms with van der Waals surface area (Å²) in [6, 6.07) is 7.60. The van der Waals surface area contributed by atoms with Crippen LogP contribution in [0.15, 0.2) is 29.6 Å². The predicted octanol–water partition coefficient (Wildman–Crippen LogP) is 2.50. The van der Waals surface area contributed by atoms with Crippen LogP contribution in [0.25, 0.3) is 0 Å². The number of sulfonamides is 1. The van der Waals surface area contributed by atoms with E-state index in [4.69, 9.17) is 0 Å². The van der Waals surface area contributed by atoms with Crippen LogP contribution in [0.5, 0.6) is 0 Å². The standard InChI is InChI=1S/C14H19N3O2S2/c1-3-15-8-12-5-4-6-13(7-12)10-21(18,19)17-14-16-11(2)9-20-14/h4-7,9,15H,3,8,10H2,1-2H3,(H,16,17). The quantitative estimate of drug-likeness (QED) is 0.820. The molecule has 0 aliphatic carbocycles. The highest BCUT2D eigenvalue weighted by molar-refractivity contribution is 7.92. The Hall–Kier alpha value is -1.44. The molecule has 0 unspecified atom stereocenters. The van der Waals surface area contributed by atoms with Gasteiger partial charge in [0, 0.05) is 11.9 Å². The molecule has 0 aliphatic heterocycles. The molecule has 2 aromatic rings. The van der Waals surface area contributed by atoms with E-state index >= 15 is 0 Å². The Morgan fingerprint density at radius 3 is 2.71 bits per heavy atom. The Kier molecular flexibility index (Phi) is 5.33. The molecule has 2 rings (SSSR count). The first-order valence-corrected chi connectivity index (χ1v) is 9.23. The molecular weight excluding hydrogens is 306 g/mol. The maximum Gasteiger partial charge on any atom is 0.238 e. The van der Waals surface area contributed by atoms with Gasteiger partial charge < -0.3 is 5.32 Å². The summed E-state index contributed by atoms with van der Waals surface area (Å²) in [5.74, 6) is -0.0500. The third kappa shape index (κ3) is 5.11. The molecule has 0 aliphatic rings. The average molecular weight is 325 g/mol. The van der Waals surface area contributed by atoms with Crippen molar-refractivity contribution in [2.75, 3.05) is 11.3 Å². The first-order chi connectivity index (χ1) is 9.98. The molecule has 0 amide bonds. The lowest BCUT2D eigenvalue weighted by molar-refractivity contribution is 0.600. The minimum atomic E-state index is -3.43. The maximum absolute atomic E-state index is 12.1. The van der Waals surface area contributed by atoms with E-state index in [9.17, 15) is 8.42 Å². The number of benzene rings is 1. The van der Waals surface area contributed by atoms with Crippen LogP contribution in [0.1, 0.15) is 23.7 Å². The van der Waals surface area contributed by atoms with Crippen LogP contribution < -0.4 is 10.0 Å². The monoisotopic (exact) mass is 325 g/mol. The summed E-state index contributed by atoms with van der Waals surface area (Å²) in [5.41, 5.74) is 2.66. The van der Waals surface area contributed by atoms with Gasteiger partial charge in [0.2, 0.25) is 10.0 Å². The smallest absolute Gasteiger partial charge is 0.238 e. The molecule has 2 N–H and O–H groups in total. The Bertz CT molecular complexity index is 696. The zero-order valence-electron chi connectivity index (χ0n) is 12.1. The van der Waals surface area contributed by atoms with Crippen LogP contribution in [0.4, 0.5) is 5.13 Å². The molecule has 1 aromatic heterocycles. The second-order valence-corrected chi connectivity index (χ2v) is 7.34. The van der Waals surface area contributed by atoms with Gasteiger partial charge in [0.05, 0.1) is 11.4 Å². The van der Waals surface area contributed by atoms with Gasteiger partial charge in [0.25, 0.3) is 0 Å². The molecule has 7 heteroatoms. The van der Waals surface area contributed by atoms with Crippen molar-refractivity contribution >= 4 is 26.5 Å². The summed E-state index contributed by atoms with van der Waals surface area (Å²) in [6.45, 7) is 5.49. The van der Waals surface area contributed by atoms with Gasteiger partial charge in [-0.3, -0.25) is 4.72 Å². The second kappa shape index (κ2) is 7.02. The fourth-order valence-electron chi connectivity index (χ4n) is 1.89. The number of aryl methyl sites for hydroxylation is 1. The molecule has 21 heavy (non-hydrogen) atoms. The molecule has 0 atom stereocenters. The van der Waals surface area contributed by atoms with Crippen molar-refractivity contribution in [2.45, 2.75) is 26.1 Å². The molecular formula is C14H19N3O2S2.